The Labute approximate surface area is 160 Å². The van der Waals surface area contributed by atoms with Crippen molar-refractivity contribution in [3.63, 3.8) is 0 Å². The second-order valence-corrected chi connectivity index (χ2v) is 6.12. The third-order valence-corrected chi connectivity index (χ3v) is 4.25. The Kier molecular flexibility index (Phi) is 5.21. The largest absolute Gasteiger partial charge is 0.658 e. The van der Waals surface area contributed by atoms with Crippen LogP contribution in [0.1, 0.15) is 0 Å². The minimum absolute atomic E-state index is 0.732. The molecule has 1 radical (unpaired) electrons. The lowest BCUT2D eigenvalue weighted by atomic mass is 10.1. The van der Waals surface area contributed by atoms with Gasteiger partial charge in [-0.2, -0.15) is 0 Å². The average Bonchev–Trinajstić information content (AvgIpc) is 2.75. The lowest BCUT2D eigenvalue weighted by Gasteiger charge is -2.09. The second kappa shape index (κ2) is 8.28. The van der Waals surface area contributed by atoms with Crippen LogP contribution in [-0.4, -0.2) is 7.69 Å². The van der Waals surface area contributed by atoms with Gasteiger partial charge in [0.05, 0.1) is 0 Å². The van der Waals surface area contributed by atoms with Gasteiger partial charge >= 0.3 is 7.69 Å². The summed E-state index contributed by atoms with van der Waals surface area (Å²) in [5.41, 5.74) is 4.51. The van der Waals surface area contributed by atoms with E-state index in [2.05, 4.69) is 36.4 Å². The van der Waals surface area contributed by atoms with Crippen LogP contribution in [0.3, 0.4) is 0 Å². The summed E-state index contributed by atoms with van der Waals surface area (Å²) in [6.45, 7) is 0. The third-order valence-electron chi connectivity index (χ3n) is 4.25. The zero-order valence-corrected chi connectivity index (χ0v) is 14.8. The average molecular weight is 349 g/mol. The van der Waals surface area contributed by atoms with E-state index < -0.39 is 0 Å². The van der Waals surface area contributed by atoms with Gasteiger partial charge in [-0.3, -0.25) is 0 Å². The summed E-state index contributed by atoms with van der Waals surface area (Å²) in [4.78, 5) is 0. The van der Waals surface area contributed by atoms with Gasteiger partial charge in [0.1, 0.15) is 11.5 Å². The van der Waals surface area contributed by atoms with E-state index in [1.807, 2.05) is 72.8 Å². The van der Waals surface area contributed by atoms with E-state index >= 15 is 0 Å². The van der Waals surface area contributed by atoms with Gasteiger partial charge < -0.3 is 9.31 Å². The molecule has 0 aliphatic carbocycles. The highest BCUT2D eigenvalue weighted by molar-refractivity contribution is 6.20. The topological polar surface area (TPSA) is 18.5 Å². The molecule has 0 N–H and O–H groups in total. The molecule has 0 atom stereocenters. The summed E-state index contributed by atoms with van der Waals surface area (Å²) in [5.74, 6) is 1.46. The van der Waals surface area contributed by atoms with Crippen molar-refractivity contribution in [2.75, 3.05) is 0 Å². The van der Waals surface area contributed by atoms with Crippen LogP contribution in [0.2, 0.25) is 0 Å². The zero-order valence-electron chi connectivity index (χ0n) is 14.8. The normalized spacial score (nSPS) is 10.2. The first-order valence-corrected chi connectivity index (χ1v) is 8.84. The predicted molar refractivity (Wildman–Crippen MR) is 111 cm³/mol. The van der Waals surface area contributed by atoms with Crippen molar-refractivity contribution in [2.45, 2.75) is 0 Å². The van der Waals surface area contributed by atoms with Crippen LogP contribution in [0.4, 0.5) is 0 Å². The Balaban J connectivity index is 1.41. The van der Waals surface area contributed by atoms with E-state index in [-0.39, 0.29) is 0 Å². The molecule has 0 heterocycles. The van der Waals surface area contributed by atoms with Gasteiger partial charge in [0.25, 0.3) is 0 Å². The molecule has 4 aromatic carbocycles. The first-order valence-electron chi connectivity index (χ1n) is 8.84. The molecule has 129 valence electrons. The summed E-state index contributed by atoms with van der Waals surface area (Å²) in [6, 6.07) is 36.3. The zero-order chi connectivity index (χ0) is 18.3. The number of hydrogen-bond donors (Lipinski definition) is 0. The molecule has 0 aliphatic heterocycles. The summed E-state index contributed by atoms with van der Waals surface area (Å²) in [5, 5.41) is 0. The molecule has 0 aromatic heterocycles. The van der Waals surface area contributed by atoms with Crippen molar-refractivity contribution in [3.05, 3.63) is 109 Å². The minimum Gasteiger partial charge on any atom is -0.526 e. The van der Waals surface area contributed by atoms with Gasteiger partial charge in [0, 0.05) is 0 Å². The van der Waals surface area contributed by atoms with Crippen LogP contribution < -0.4 is 9.31 Å². The lowest BCUT2D eigenvalue weighted by Crippen LogP contribution is -2.10. The molecule has 27 heavy (non-hydrogen) atoms. The Morgan fingerprint density at radius 3 is 1.26 bits per heavy atom. The minimum atomic E-state index is 0.732. The maximum Gasteiger partial charge on any atom is 0.658 e. The Morgan fingerprint density at radius 1 is 0.407 bits per heavy atom. The molecule has 2 nitrogen and oxygen atoms in total. The highest BCUT2D eigenvalue weighted by atomic mass is 16.6. The summed E-state index contributed by atoms with van der Waals surface area (Å²) in [7, 11) is 1.37. The van der Waals surface area contributed by atoms with Crippen molar-refractivity contribution in [2.24, 2.45) is 0 Å². The van der Waals surface area contributed by atoms with Gasteiger partial charge in [-0.05, 0) is 46.5 Å². The van der Waals surface area contributed by atoms with E-state index in [9.17, 15) is 0 Å². The van der Waals surface area contributed by atoms with Crippen molar-refractivity contribution in [1.82, 2.24) is 0 Å². The molecule has 3 heteroatoms. The van der Waals surface area contributed by atoms with Crippen molar-refractivity contribution < 1.29 is 9.31 Å². The van der Waals surface area contributed by atoms with Gasteiger partial charge in [0.2, 0.25) is 0 Å². The molecule has 4 rings (SSSR count). The summed E-state index contributed by atoms with van der Waals surface area (Å²) in [6.07, 6.45) is 0. The molecule has 0 saturated carbocycles. The Bertz CT molecular complexity index is 918. The highest BCUT2D eigenvalue weighted by Gasteiger charge is 2.05. The lowest BCUT2D eigenvalue weighted by molar-refractivity contribution is 0.459. The first-order chi connectivity index (χ1) is 13.4. The standard InChI is InChI=1S/C24H18BO2/c1-3-9-19(10-4-1)21-13-7-15-23(17-21)26-25-27-24-16-8-14-22(18-24)20-11-5-2-6-12-20/h1-18H. The molecule has 0 amide bonds. The van der Waals surface area contributed by atoms with E-state index in [1.165, 1.54) is 7.69 Å². The number of hydrogen-bond acceptors (Lipinski definition) is 2. The molecule has 0 spiro atoms. The molecule has 4 aromatic rings. The first kappa shape index (κ1) is 17.0. The quantitative estimate of drug-likeness (QED) is 0.397. The van der Waals surface area contributed by atoms with Crippen molar-refractivity contribution in [1.29, 1.82) is 0 Å². The van der Waals surface area contributed by atoms with E-state index in [4.69, 9.17) is 9.31 Å². The van der Waals surface area contributed by atoms with E-state index in [1.54, 1.807) is 0 Å². The van der Waals surface area contributed by atoms with Gasteiger partial charge in [-0.15, -0.1) is 0 Å². The Morgan fingerprint density at radius 2 is 0.815 bits per heavy atom. The predicted octanol–water partition coefficient (Wildman–Crippen LogP) is 6.01. The monoisotopic (exact) mass is 349 g/mol. The third kappa shape index (κ3) is 4.39. The molecule has 0 aliphatic rings. The molecular formula is C24H18BO2. The van der Waals surface area contributed by atoms with Gasteiger partial charge in [-0.1, -0.05) is 84.9 Å². The summed E-state index contributed by atoms with van der Waals surface area (Å²) < 4.78 is 11.3. The molecule has 0 fully saturated rings. The SMILES string of the molecule is [B](Oc1cccc(-c2ccccc2)c1)Oc1cccc(-c2ccccc2)c1. The molecule has 0 saturated heterocycles. The van der Waals surface area contributed by atoms with Crippen LogP contribution in [0, 0.1) is 0 Å². The van der Waals surface area contributed by atoms with E-state index in [0.29, 0.717) is 0 Å². The van der Waals surface area contributed by atoms with Crippen LogP contribution in [0.15, 0.2) is 109 Å². The van der Waals surface area contributed by atoms with Crippen LogP contribution in [0.25, 0.3) is 22.3 Å². The van der Waals surface area contributed by atoms with Crippen molar-refractivity contribution in [3.8, 4) is 33.8 Å². The van der Waals surface area contributed by atoms with Crippen LogP contribution in [0.5, 0.6) is 11.5 Å². The fourth-order valence-electron chi connectivity index (χ4n) is 2.89. The maximum atomic E-state index is 5.67. The summed E-state index contributed by atoms with van der Waals surface area (Å²) >= 11 is 0. The van der Waals surface area contributed by atoms with Crippen molar-refractivity contribution >= 4 is 7.69 Å². The van der Waals surface area contributed by atoms with Gasteiger partial charge in [-0.25, -0.2) is 0 Å². The molecule has 0 bridgehead atoms. The fourth-order valence-corrected chi connectivity index (χ4v) is 2.89. The molecular weight excluding hydrogens is 331 g/mol. The molecule has 0 unspecified atom stereocenters. The van der Waals surface area contributed by atoms with Gasteiger partial charge in [0.15, 0.2) is 0 Å². The Hall–Kier alpha value is -3.46. The smallest absolute Gasteiger partial charge is 0.526 e. The van der Waals surface area contributed by atoms with E-state index in [0.717, 1.165) is 33.8 Å². The number of rotatable bonds is 6. The van der Waals surface area contributed by atoms with Crippen LogP contribution in [-0.2, 0) is 0 Å². The number of benzene rings is 4. The highest BCUT2D eigenvalue weighted by Crippen LogP contribution is 2.25. The van der Waals surface area contributed by atoms with Crippen LogP contribution >= 0.6 is 0 Å². The maximum absolute atomic E-state index is 5.67. The second-order valence-electron chi connectivity index (χ2n) is 6.12. The fraction of sp³-hybridized carbons (Fsp3) is 0.